The number of carbonyl (C=O) groups excluding carboxylic acids is 1. The van der Waals surface area contributed by atoms with Crippen molar-refractivity contribution in [2.75, 3.05) is 17.2 Å². The quantitative estimate of drug-likeness (QED) is 0.239. The first-order valence-corrected chi connectivity index (χ1v) is 14.4. The lowest BCUT2D eigenvalue weighted by molar-refractivity contribution is -0.274. The summed E-state index contributed by atoms with van der Waals surface area (Å²) in [5, 5.41) is 7.99. The lowest BCUT2D eigenvalue weighted by Gasteiger charge is -2.22. The minimum Gasteiger partial charge on any atom is -0.406 e. The normalized spacial score (nSPS) is 14.4. The number of urea groups is 1. The fraction of sp³-hybridized carbons (Fsp3) is 0.267. The number of nitrogens with zero attached hydrogens (tertiary/aromatic N) is 5. The molecule has 1 aromatic heterocycles. The summed E-state index contributed by atoms with van der Waals surface area (Å²) in [4.78, 5) is 23.5. The van der Waals surface area contributed by atoms with Crippen LogP contribution in [0.5, 0.6) is 5.75 Å². The fourth-order valence-corrected chi connectivity index (χ4v) is 5.47. The van der Waals surface area contributed by atoms with Gasteiger partial charge >= 0.3 is 12.4 Å². The largest absolute Gasteiger partial charge is 0.573 e. The van der Waals surface area contributed by atoms with Crippen molar-refractivity contribution in [2.24, 2.45) is 4.99 Å². The first-order chi connectivity index (χ1) is 20.2. The zero-order valence-electron chi connectivity index (χ0n) is 23.1. The summed E-state index contributed by atoms with van der Waals surface area (Å²) in [7, 11) is 0. The number of hydrogen-bond acceptors (Lipinski definition) is 5. The zero-order valence-corrected chi connectivity index (χ0v) is 23.9. The van der Waals surface area contributed by atoms with Gasteiger partial charge < -0.3 is 15.0 Å². The Balaban J connectivity index is 1.19. The van der Waals surface area contributed by atoms with Crippen LogP contribution < -0.4 is 15.0 Å². The van der Waals surface area contributed by atoms with E-state index in [1.54, 1.807) is 11.8 Å². The van der Waals surface area contributed by atoms with Crippen molar-refractivity contribution < 1.29 is 22.7 Å². The second kappa shape index (κ2) is 12.7. The van der Waals surface area contributed by atoms with Crippen molar-refractivity contribution in [2.45, 2.75) is 39.6 Å². The molecule has 0 spiro atoms. The van der Waals surface area contributed by atoms with Gasteiger partial charge in [-0.25, -0.2) is 14.5 Å². The second-order valence-corrected chi connectivity index (χ2v) is 10.7. The van der Waals surface area contributed by atoms with Crippen LogP contribution in [0.3, 0.4) is 0 Å². The third-order valence-electron chi connectivity index (χ3n) is 6.51. The van der Waals surface area contributed by atoms with Gasteiger partial charge in [0.05, 0.1) is 5.69 Å². The molecule has 8 nitrogen and oxygen atoms in total. The van der Waals surface area contributed by atoms with Gasteiger partial charge in [0, 0.05) is 30.1 Å². The lowest BCUT2D eigenvalue weighted by atomic mass is 10.0. The van der Waals surface area contributed by atoms with E-state index in [0.29, 0.717) is 23.2 Å². The maximum atomic E-state index is 12.7. The number of thioether (sulfide) groups is 1. The standard InChI is InChI=1S/C30H29F3N6O2S/c1-3-4-22-8-5-20(2)17-26(22)38-15-16-42-29(38)36-28(40)34-18-21-6-9-23(10-7-21)27-35-19-39(37-27)24-11-13-25(14-12-24)41-30(31,32)33/h5-14,17,19H,3-4,15-16,18H2,1-2H3,(H,34,40). The van der Waals surface area contributed by atoms with Gasteiger partial charge in [-0.2, -0.15) is 4.99 Å². The average Bonchev–Trinajstić information content (AvgIpc) is 3.63. The molecule has 42 heavy (non-hydrogen) atoms. The maximum Gasteiger partial charge on any atom is 0.573 e. The molecule has 0 bridgehead atoms. The molecule has 1 saturated heterocycles. The van der Waals surface area contributed by atoms with Gasteiger partial charge in [-0.05, 0) is 60.4 Å². The number of aryl methyl sites for hydroxylation is 2. The number of amides is 2. The van der Waals surface area contributed by atoms with Crippen molar-refractivity contribution in [3.05, 3.63) is 89.7 Å². The predicted molar refractivity (Wildman–Crippen MR) is 158 cm³/mol. The van der Waals surface area contributed by atoms with Crippen LogP contribution in [0.2, 0.25) is 0 Å². The molecule has 2 amide bonds. The van der Waals surface area contributed by atoms with E-state index in [-0.39, 0.29) is 5.75 Å². The highest BCUT2D eigenvalue weighted by Gasteiger charge is 2.31. The van der Waals surface area contributed by atoms with Crippen LogP contribution in [0.25, 0.3) is 17.1 Å². The van der Waals surface area contributed by atoms with E-state index in [0.717, 1.165) is 42.0 Å². The number of nitrogens with one attached hydrogen (secondary N) is 1. The molecule has 0 unspecified atom stereocenters. The van der Waals surface area contributed by atoms with E-state index in [9.17, 15) is 18.0 Å². The van der Waals surface area contributed by atoms with Crippen molar-refractivity contribution in [1.29, 1.82) is 0 Å². The van der Waals surface area contributed by atoms with E-state index in [2.05, 4.69) is 62.1 Å². The molecule has 12 heteroatoms. The molecule has 1 aliphatic rings. The van der Waals surface area contributed by atoms with Crippen LogP contribution in [-0.2, 0) is 13.0 Å². The lowest BCUT2D eigenvalue weighted by Crippen LogP contribution is -2.28. The summed E-state index contributed by atoms with van der Waals surface area (Å²) < 4.78 is 42.5. The number of alkyl halides is 3. The number of halogens is 3. The fourth-order valence-electron chi connectivity index (χ4n) is 4.52. The summed E-state index contributed by atoms with van der Waals surface area (Å²) in [6, 6.07) is 18.8. The highest BCUT2D eigenvalue weighted by atomic mass is 32.2. The third-order valence-corrected chi connectivity index (χ3v) is 7.46. The molecule has 2 heterocycles. The van der Waals surface area contributed by atoms with E-state index in [1.807, 2.05) is 24.3 Å². The van der Waals surface area contributed by atoms with Gasteiger partial charge in [0.25, 0.3) is 0 Å². The number of amidine groups is 1. The molecule has 0 aliphatic carbocycles. The van der Waals surface area contributed by atoms with Crippen molar-refractivity contribution >= 4 is 28.6 Å². The van der Waals surface area contributed by atoms with Gasteiger partial charge in [-0.15, -0.1) is 18.3 Å². The number of aromatic nitrogens is 3. The Hall–Kier alpha value is -4.32. The summed E-state index contributed by atoms with van der Waals surface area (Å²) in [5.74, 6) is 1.01. The Kier molecular flexibility index (Phi) is 8.81. The van der Waals surface area contributed by atoms with Crippen molar-refractivity contribution in [3.8, 4) is 22.8 Å². The number of rotatable bonds is 8. The summed E-state index contributed by atoms with van der Waals surface area (Å²) in [5.41, 5.74) is 5.71. The smallest absolute Gasteiger partial charge is 0.406 e. The summed E-state index contributed by atoms with van der Waals surface area (Å²) in [6.45, 7) is 5.33. The summed E-state index contributed by atoms with van der Waals surface area (Å²) in [6.07, 6.45) is -1.26. The predicted octanol–water partition coefficient (Wildman–Crippen LogP) is 6.91. The Morgan fingerprint density at radius 3 is 2.57 bits per heavy atom. The Morgan fingerprint density at radius 1 is 1.10 bits per heavy atom. The first-order valence-electron chi connectivity index (χ1n) is 13.4. The third kappa shape index (κ3) is 7.30. The monoisotopic (exact) mass is 594 g/mol. The molecular formula is C30H29F3N6O2S. The Morgan fingerprint density at radius 2 is 1.86 bits per heavy atom. The van der Waals surface area contributed by atoms with Gasteiger partial charge in [-0.3, -0.25) is 0 Å². The van der Waals surface area contributed by atoms with Crippen LogP contribution in [-0.4, -0.2) is 44.6 Å². The van der Waals surface area contributed by atoms with Crippen LogP contribution in [0.1, 0.15) is 30.0 Å². The van der Waals surface area contributed by atoms with E-state index >= 15 is 0 Å². The summed E-state index contributed by atoms with van der Waals surface area (Å²) >= 11 is 1.58. The number of aliphatic imine (C=N–C) groups is 1. The topological polar surface area (TPSA) is 84.6 Å². The SMILES string of the molecule is CCCc1ccc(C)cc1N1CCSC1=NC(=O)NCc1ccc(-c2ncn(-c3ccc(OC(F)(F)F)cc3)n2)cc1. The Labute approximate surface area is 245 Å². The minimum atomic E-state index is -4.75. The average molecular weight is 595 g/mol. The van der Waals surface area contributed by atoms with Crippen LogP contribution >= 0.6 is 11.8 Å². The molecule has 0 saturated carbocycles. The zero-order chi connectivity index (χ0) is 29.7. The number of ether oxygens (including phenoxy) is 1. The highest BCUT2D eigenvalue weighted by Crippen LogP contribution is 2.30. The van der Waals surface area contributed by atoms with E-state index in [4.69, 9.17) is 0 Å². The molecule has 4 aromatic rings. The molecule has 0 radical (unpaired) electrons. The first kappa shape index (κ1) is 29.2. The molecule has 218 valence electrons. The highest BCUT2D eigenvalue weighted by molar-refractivity contribution is 8.14. The molecule has 0 atom stereocenters. The minimum absolute atomic E-state index is 0.306. The number of hydrogen-bond donors (Lipinski definition) is 1. The molecule has 1 N–H and O–H groups in total. The van der Waals surface area contributed by atoms with Gasteiger partial charge in [0.2, 0.25) is 0 Å². The van der Waals surface area contributed by atoms with Crippen molar-refractivity contribution in [3.63, 3.8) is 0 Å². The molecule has 1 aliphatic heterocycles. The van der Waals surface area contributed by atoms with Gasteiger partial charge in [-0.1, -0.05) is 61.5 Å². The second-order valence-electron chi connectivity index (χ2n) is 9.69. The number of anilines is 1. The van der Waals surface area contributed by atoms with E-state index < -0.39 is 12.4 Å². The van der Waals surface area contributed by atoms with Crippen LogP contribution in [0, 0.1) is 6.92 Å². The van der Waals surface area contributed by atoms with Gasteiger partial charge in [0.15, 0.2) is 11.0 Å². The maximum absolute atomic E-state index is 12.7. The molecule has 1 fully saturated rings. The number of carbonyl (C=O) groups is 1. The molecule has 5 rings (SSSR count). The van der Waals surface area contributed by atoms with Crippen LogP contribution in [0.15, 0.2) is 78.0 Å². The molecular weight excluding hydrogens is 565 g/mol. The Bertz CT molecular complexity index is 1570. The van der Waals surface area contributed by atoms with Crippen LogP contribution in [0.4, 0.5) is 23.7 Å². The number of benzene rings is 3. The molecule has 3 aromatic carbocycles. The van der Waals surface area contributed by atoms with E-state index in [1.165, 1.54) is 46.4 Å². The van der Waals surface area contributed by atoms with Gasteiger partial charge in [0.1, 0.15) is 12.1 Å². The van der Waals surface area contributed by atoms with Crippen molar-refractivity contribution in [1.82, 2.24) is 20.1 Å².